The van der Waals surface area contributed by atoms with Gasteiger partial charge < -0.3 is 10.1 Å². The molecule has 1 amide bonds. The highest BCUT2D eigenvalue weighted by atomic mass is 35.5. The summed E-state index contributed by atoms with van der Waals surface area (Å²) in [4.78, 5) is 23.9. The third-order valence-corrected chi connectivity index (χ3v) is 4.49. The number of carbonyl (C=O) groups is 2. The maximum absolute atomic E-state index is 12.3. The molecule has 0 unspecified atom stereocenters. The highest BCUT2D eigenvalue weighted by molar-refractivity contribution is 6.42. The number of hydrogen-bond donors (Lipinski definition) is 1. The zero-order chi connectivity index (χ0) is 16.6. The fourth-order valence-corrected chi connectivity index (χ4v) is 2.68. The number of nitrogens with one attached hydrogen (secondary N) is 1. The number of Topliss-reactive ketones (excluding diaryl/α,β-unsaturated/α-hetero) is 1. The lowest BCUT2D eigenvalue weighted by atomic mass is 9.99. The lowest BCUT2D eigenvalue weighted by molar-refractivity contribution is -0.116. The first-order valence-corrected chi connectivity index (χ1v) is 7.77. The molecule has 0 aliphatic carbocycles. The lowest BCUT2D eigenvalue weighted by Gasteiger charge is -2.08. The van der Waals surface area contributed by atoms with E-state index in [0.717, 1.165) is 11.3 Å². The number of ketones is 1. The van der Waals surface area contributed by atoms with Crippen LogP contribution < -0.4 is 10.1 Å². The van der Waals surface area contributed by atoms with Crippen LogP contribution in [-0.4, -0.2) is 18.3 Å². The lowest BCUT2D eigenvalue weighted by Crippen LogP contribution is -2.12. The molecule has 1 atom stereocenters. The number of fused-ring (bicyclic) bond motifs is 1. The van der Waals surface area contributed by atoms with Gasteiger partial charge in [0.15, 0.2) is 12.4 Å². The summed E-state index contributed by atoms with van der Waals surface area (Å²) in [6.07, 6.45) is 0. The van der Waals surface area contributed by atoms with Gasteiger partial charge in [-0.2, -0.15) is 0 Å². The number of rotatable bonds is 4. The summed E-state index contributed by atoms with van der Waals surface area (Å²) in [5.41, 5.74) is 2.09. The molecule has 3 rings (SSSR count). The molecule has 23 heavy (non-hydrogen) atoms. The average molecular weight is 350 g/mol. The monoisotopic (exact) mass is 349 g/mol. The van der Waals surface area contributed by atoms with Gasteiger partial charge in [-0.3, -0.25) is 9.59 Å². The molecule has 6 heteroatoms. The van der Waals surface area contributed by atoms with Crippen molar-refractivity contribution in [2.24, 2.45) is 0 Å². The Balaban J connectivity index is 1.72. The van der Waals surface area contributed by atoms with E-state index in [1.807, 2.05) is 6.92 Å². The zero-order valence-corrected chi connectivity index (χ0v) is 13.7. The summed E-state index contributed by atoms with van der Waals surface area (Å²) in [5.74, 6) is -0.0186. The summed E-state index contributed by atoms with van der Waals surface area (Å²) in [5, 5.41) is 3.57. The molecule has 0 saturated heterocycles. The number of ether oxygens (including phenoxy) is 1. The summed E-state index contributed by atoms with van der Waals surface area (Å²) < 4.78 is 5.45. The van der Waals surface area contributed by atoms with E-state index in [2.05, 4.69) is 5.32 Å². The fraction of sp³-hybridized carbons (Fsp3) is 0.176. The SMILES string of the molecule is C[C@@H]1C(=O)Nc2ccc(C(=O)COc3ccc(Cl)c(Cl)c3)cc21. The third kappa shape index (κ3) is 3.19. The van der Waals surface area contributed by atoms with Gasteiger partial charge in [0, 0.05) is 17.3 Å². The number of carbonyl (C=O) groups excluding carboxylic acids is 2. The molecule has 0 aromatic heterocycles. The van der Waals surface area contributed by atoms with Crippen LogP contribution in [0.5, 0.6) is 5.75 Å². The van der Waals surface area contributed by atoms with Crippen molar-refractivity contribution in [3.63, 3.8) is 0 Å². The predicted octanol–water partition coefficient (Wildman–Crippen LogP) is 4.31. The van der Waals surface area contributed by atoms with Crippen LogP contribution in [0.4, 0.5) is 5.69 Å². The number of anilines is 1. The maximum atomic E-state index is 12.3. The van der Waals surface area contributed by atoms with E-state index in [9.17, 15) is 9.59 Å². The molecule has 0 radical (unpaired) electrons. The topological polar surface area (TPSA) is 55.4 Å². The fourth-order valence-electron chi connectivity index (χ4n) is 2.39. The van der Waals surface area contributed by atoms with Gasteiger partial charge in [0.25, 0.3) is 0 Å². The molecule has 1 aliphatic heterocycles. The van der Waals surface area contributed by atoms with E-state index in [4.69, 9.17) is 27.9 Å². The largest absolute Gasteiger partial charge is 0.485 e. The summed E-state index contributed by atoms with van der Waals surface area (Å²) in [6.45, 7) is 1.69. The Hall–Kier alpha value is -2.04. The van der Waals surface area contributed by atoms with E-state index < -0.39 is 0 Å². The minimum atomic E-state index is -0.256. The molecule has 1 heterocycles. The number of benzene rings is 2. The van der Waals surface area contributed by atoms with Crippen LogP contribution in [0.2, 0.25) is 10.0 Å². The van der Waals surface area contributed by atoms with Gasteiger partial charge in [0.1, 0.15) is 5.75 Å². The Labute approximate surface area is 143 Å². The normalized spacial score (nSPS) is 16.0. The van der Waals surface area contributed by atoms with E-state index in [0.29, 0.717) is 21.4 Å². The Bertz CT molecular complexity index is 804. The number of halogens is 2. The van der Waals surface area contributed by atoms with E-state index in [-0.39, 0.29) is 24.2 Å². The summed E-state index contributed by atoms with van der Waals surface area (Å²) in [7, 11) is 0. The number of amides is 1. The van der Waals surface area contributed by atoms with Crippen LogP contribution in [0.15, 0.2) is 36.4 Å². The van der Waals surface area contributed by atoms with Gasteiger partial charge in [0.2, 0.25) is 5.91 Å². The standard InChI is InChI=1S/C17H13Cl2NO3/c1-9-12-6-10(2-5-15(12)20-17(9)22)16(21)8-23-11-3-4-13(18)14(19)7-11/h2-7,9H,8H2,1H3,(H,20,22)/t9-/m0/s1. The van der Waals surface area contributed by atoms with E-state index >= 15 is 0 Å². The van der Waals surface area contributed by atoms with Crippen molar-refractivity contribution in [1.29, 1.82) is 0 Å². The Morgan fingerprint density at radius 3 is 2.70 bits per heavy atom. The second kappa shape index (κ2) is 6.22. The van der Waals surface area contributed by atoms with Crippen LogP contribution in [0.1, 0.15) is 28.8 Å². The first-order valence-electron chi connectivity index (χ1n) is 7.01. The highest BCUT2D eigenvalue weighted by Crippen LogP contribution is 2.33. The molecule has 0 bridgehead atoms. The van der Waals surface area contributed by atoms with Gasteiger partial charge in [-0.15, -0.1) is 0 Å². The van der Waals surface area contributed by atoms with Gasteiger partial charge in [-0.25, -0.2) is 0 Å². The van der Waals surface area contributed by atoms with Crippen LogP contribution >= 0.6 is 23.2 Å². The number of hydrogen-bond acceptors (Lipinski definition) is 3. The smallest absolute Gasteiger partial charge is 0.231 e. The molecule has 0 spiro atoms. The highest BCUT2D eigenvalue weighted by Gasteiger charge is 2.27. The van der Waals surface area contributed by atoms with Crippen molar-refractivity contribution >= 4 is 40.6 Å². The first-order chi connectivity index (χ1) is 11.0. The van der Waals surface area contributed by atoms with Crippen LogP contribution in [0.25, 0.3) is 0 Å². The molecular formula is C17H13Cl2NO3. The minimum Gasteiger partial charge on any atom is -0.485 e. The Kier molecular flexibility index (Phi) is 4.28. The molecule has 1 N–H and O–H groups in total. The third-order valence-electron chi connectivity index (χ3n) is 3.75. The zero-order valence-electron chi connectivity index (χ0n) is 12.2. The molecule has 1 aliphatic rings. The van der Waals surface area contributed by atoms with Crippen LogP contribution in [0, 0.1) is 0 Å². The molecule has 4 nitrogen and oxygen atoms in total. The second-order valence-corrected chi connectivity index (χ2v) is 6.12. The van der Waals surface area contributed by atoms with Crippen LogP contribution in [-0.2, 0) is 4.79 Å². The molecule has 2 aromatic rings. The van der Waals surface area contributed by atoms with Gasteiger partial charge in [0.05, 0.1) is 16.0 Å². The van der Waals surface area contributed by atoms with E-state index in [1.165, 1.54) is 0 Å². The molecular weight excluding hydrogens is 337 g/mol. The molecule has 0 fully saturated rings. The van der Waals surface area contributed by atoms with Gasteiger partial charge in [-0.1, -0.05) is 23.2 Å². The average Bonchev–Trinajstić information content (AvgIpc) is 2.82. The van der Waals surface area contributed by atoms with Crippen molar-refractivity contribution in [3.05, 3.63) is 57.6 Å². The van der Waals surface area contributed by atoms with Crippen molar-refractivity contribution in [1.82, 2.24) is 0 Å². The van der Waals surface area contributed by atoms with Crippen LogP contribution in [0.3, 0.4) is 0 Å². The van der Waals surface area contributed by atoms with Crippen molar-refractivity contribution < 1.29 is 14.3 Å². The Morgan fingerprint density at radius 1 is 1.17 bits per heavy atom. The summed E-state index contributed by atoms with van der Waals surface area (Å²) >= 11 is 11.7. The van der Waals surface area contributed by atoms with Gasteiger partial charge >= 0.3 is 0 Å². The predicted molar refractivity (Wildman–Crippen MR) is 89.8 cm³/mol. The maximum Gasteiger partial charge on any atom is 0.231 e. The van der Waals surface area contributed by atoms with E-state index in [1.54, 1.807) is 36.4 Å². The first kappa shape index (κ1) is 15.8. The van der Waals surface area contributed by atoms with Crippen molar-refractivity contribution in [2.75, 3.05) is 11.9 Å². The van der Waals surface area contributed by atoms with Gasteiger partial charge in [-0.05, 0) is 42.8 Å². The Morgan fingerprint density at radius 2 is 1.96 bits per heavy atom. The summed E-state index contributed by atoms with van der Waals surface area (Å²) in [6, 6.07) is 9.97. The molecule has 0 saturated carbocycles. The molecule has 2 aromatic carbocycles. The quantitative estimate of drug-likeness (QED) is 0.836. The molecule has 118 valence electrons. The second-order valence-electron chi connectivity index (χ2n) is 5.30. The van der Waals surface area contributed by atoms with Crippen molar-refractivity contribution in [3.8, 4) is 5.75 Å². The van der Waals surface area contributed by atoms with Crippen molar-refractivity contribution in [2.45, 2.75) is 12.8 Å². The minimum absolute atomic E-state index is 0.0587.